The molecular weight excluding hydrogens is 512 g/mol. The van der Waals surface area contributed by atoms with E-state index < -0.39 is 12.1 Å². The quantitative estimate of drug-likeness (QED) is 0.388. The Morgan fingerprint density at radius 1 is 1.05 bits per heavy atom. The molecule has 0 fully saturated rings. The fourth-order valence-corrected chi connectivity index (χ4v) is 5.04. The summed E-state index contributed by atoms with van der Waals surface area (Å²) in [5, 5.41) is 9.15. The molecule has 3 N–H and O–H groups in total. The highest BCUT2D eigenvalue weighted by Gasteiger charge is 2.30. The molecule has 2 unspecified atom stereocenters. The molecule has 0 saturated heterocycles. The van der Waals surface area contributed by atoms with Gasteiger partial charge in [-0.25, -0.2) is 0 Å². The van der Waals surface area contributed by atoms with Crippen LogP contribution in [0.15, 0.2) is 29.1 Å². The van der Waals surface area contributed by atoms with E-state index >= 15 is 0 Å². The first-order valence-electron chi connectivity index (χ1n) is 13.5. The van der Waals surface area contributed by atoms with Gasteiger partial charge in [-0.1, -0.05) is 19.9 Å². The number of hydrogen-bond donors (Lipinski definition) is 3. The maximum atomic E-state index is 13.6. The molecule has 2 aromatic carbocycles. The second-order valence-corrected chi connectivity index (χ2v) is 10.6. The Morgan fingerprint density at radius 2 is 1.75 bits per heavy atom. The third kappa shape index (κ3) is 6.85. The van der Waals surface area contributed by atoms with Crippen LogP contribution in [-0.4, -0.2) is 71.3 Å². The van der Waals surface area contributed by atoms with Crippen LogP contribution in [0.25, 0.3) is 11.1 Å². The molecule has 1 aliphatic carbocycles. The van der Waals surface area contributed by atoms with Crippen LogP contribution in [0.5, 0.6) is 17.2 Å². The highest BCUT2D eigenvalue weighted by molar-refractivity contribution is 5.86. The third-order valence-electron chi connectivity index (χ3n) is 7.03. The molecule has 1 aliphatic rings. The Morgan fingerprint density at radius 3 is 2.33 bits per heavy atom. The summed E-state index contributed by atoms with van der Waals surface area (Å²) in [5.74, 6) is 1.00. The van der Waals surface area contributed by atoms with Gasteiger partial charge < -0.3 is 35.1 Å². The number of carbonyl (C=O) groups excluding carboxylic acids is 2. The van der Waals surface area contributed by atoms with Gasteiger partial charge in [-0.15, -0.1) is 0 Å². The van der Waals surface area contributed by atoms with Crippen molar-refractivity contribution in [2.75, 3.05) is 53.8 Å². The molecule has 0 saturated carbocycles. The molecule has 0 spiro atoms. The molecule has 2 aromatic rings. The first kappa shape index (κ1) is 30.7. The van der Waals surface area contributed by atoms with Gasteiger partial charge in [-0.3, -0.25) is 14.4 Å². The van der Waals surface area contributed by atoms with E-state index in [1.807, 2.05) is 45.0 Å². The Bertz CT molecular complexity index is 1290. The summed E-state index contributed by atoms with van der Waals surface area (Å²) < 4.78 is 17.1. The lowest BCUT2D eigenvalue weighted by Gasteiger charge is -2.22. The van der Waals surface area contributed by atoms with E-state index in [2.05, 4.69) is 16.0 Å². The molecule has 0 aliphatic heterocycles. The smallest absolute Gasteiger partial charge is 0.242 e. The molecular formula is C30H42N4O6. The maximum Gasteiger partial charge on any atom is 0.242 e. The summed E-state index contributed by atoms with van der Waals surface area (Å²) in [4.78, 5) is 40.8. The Labute approximate surface area is 236 Å². The van der Waals surface area contributed by atoms with Crippen molar-refractivity contribution in [1.29, 1.82) is 0 Å². The van der Waals surface area contributed by atoms with Crippen LogP contribution in [0.4, 0.5) is 5.69 Å². The van der Waals surface area contributed by atoms with Gasteiger partial charge in [0.25, 0.3) is 0 Å². The summed E-state index contributed by atoms with van der Waals surface area (Å²) in [6.07, 6.45) is 1.17. The van der Waals surface area contributed by atoms with Crippen molar-refractivity contribution in [1.82, 2.24) is 15.5 Å². The van der Waals surface area contributed by atoms with Gasteiger partial charge in [0.15, 0.2) is 11.5 Å². The summed E-state index contributed by atoms with van der Waals surface area (Å²) in [5.41, 5.74) is 3.10. The van der Waals surface area contributed by atoms with E-state index in [0.29, 0.717) is 48.7 Å². The van der Waals surface area contributed by atoms with Crippen LogP contribution < -0.4 is 35.6 Å². The number of benzene rings is 1. The lowest BCUT2D eigenvalue weighted by molar-refractivity contribution is -0.122. The molecule has 10 nitrogen and oxygen atoms in total. The molecule has 2 amide bonds. The Kier molecular flexibility index (Phi) is 10.4. The van der Waals surface area contributed by atoms with E-state index in [1.54, 1.807) is 33.5 Å². The van der Waals surface area contributed by atoms with Gasteiger partial charge in [-0.2, -0.15) is 0 Å². The summed E-state index contributed by atoms with van der Waals surface area (Å²) in [7, 11) is 8.55. The summed E-state index contributed by atoms with van der Waals surface area (Å²) in [6.45, 7) is 6.52. The zero-order valence-corrected chi connectivity index (χ0v) is 24.8. The number of likely N-dealkylation sites (N-methyl/N-ethyl adjacent to an activating group) is 1. The second-order valence-electron chi connectivity index (χ2n) is 10.6. The number of aryl methyl sites for hydroxylation is 1. The predicted octanol–water partition coefficient (Wildman–Crippen LogP) is 2.98. The van der Waals surface area contributed by atoms with E-state index in [0.717, 1.165) is 16.7 Å². The van der Waals surface area contributed by atoms with Crippen molar-refractivity contribution < 1.29 is 23.8 Å². The van der Waals surface area contributed by atoms with Crippen LogP contribution in [0.2, 0.25) is 0 Å². The number of nitrogens with zero attached hydrogens (tertiary/aromatic N) is 1. The molecule has 0 heterocycles. The first-order valence-corrected chi connectivity index (χ1v) is 13.5. The molecule has 3 rings (SSSR count). The zero-order chi connectivity index (χ0) is 29.6. The number of nitrogens with one attached hydrogen (secondary N) is 3. The monoisotopic (exact) mass is 554 g/mol. The minimum absolute atomic E-state index is 0.0771. The second kappa shape index (κ2) is 13.5. The van der Waals surface area contributed by atoms with Crippen molar-refractivity contribution in [2.24, 2.45) is 5.92 Å². The van der Waals surface area contributed by atoms with E-state index in [4.69, 9.17) is 14.2 Å². The number of rotatable bonds is 11. The average Bonchev–Trinajstić information content (AvgIpc) is 3.14. The van der Waals surface area contributed by atoms with Crippen molar-refractivity contribution >= 4 is 17.5 Å². The van der Waals surface area contributed by atoms with Crippen LogP contribution in [0.1, 0.15) is 44.4 Å². The van der Waals surface area contributed by atoms with Crippen LogP contribution in [0.3, 0.4) is 0 Å². The van der Waals surface area contributed by atoms with Crippen molar-refractivity contribution in [2.45, 2.75) is 45.7 Å². The van der Waals surface area contributed by atoms with Gasteiger partial charge in [0.05, 0.1) is 33.1 Å². The Hall–Kier alpha value is -3.79. The molecule has 2 atom stereocenters. The van der Waals surface area contributed by atoms with Crippen molar-refractivity contribution in [3.05, 3.63) is 45.6 Å². The minimum Gasteiger partial charge on any atom is -0.493 e. The molecule has 40 heavy (non-hydrogen) atoms. The number of fused-ring (bicyclic) bond motifs is 3. The normalized spacial score (nSPS) is 14.9. The van der Waals surface area contributed by atoms with Crippen molar-refractivity contribution in [3.63, 3.8) is 0 Å². The van der Waals surface area contributed by atoms with Crippen LogP contribution >= 0.6 is 0 Å². The van der Waals surface area contributed by atoms with Gasteiger partial charge in [-0.05, 0) is 67.7 Å². The van der Waals surface area contributed by atoms with Gasteiger partial charge >= 0.3 is 0 Å². The summed E-state index contributed by atoms with van der Waals surface area (Å²) in [6, 6.07) is 5.96. The highest BCUT2D eigenvalue weighted by atomic mass is 16.5. The highest BCUT2D eigenvalue weighted by Crippen LogP contribution is 2.50. The standard InChI is InChI=1S/C30H42N4O6/c1-17(2)27(30(37)31-13-14-34(4)5)33-23-12-10-20-21(16-24(23)36)22(32-18(3)35)11-9-19-15-25(38-6)28(39-7)29(40-8)26(19)20/h10,12,15-17,22,27H,9,11,13-14H2,1-8H3,(H,31,37)(H,32,35)(H,33,36). The van der Waals surface area contributed by atoms with Gasteiger partial charge in [0.1, 0.15) is 6.04 Å². The number of ether oxygens (including phenoxy) is 3. The average molecular weight is 555 g/mol. The fraction of sp³-hybridized carbons (Fsp3) is 0.500. The van der Waals surface area contributed by atoms with Gasteiger partial charge in [0, 0.05) is 25.6 Å². The number of hydrogen-bond acceptors (Lipinski definition) is 8. The number of anilines is 1. The number of methoxy groups -OCH3 is 3. The fourth-order valence-electron chi connectivity index (χ4n) is 5.04. The van der Waals surface area contributed by atoms with E-state index in [9.17, 15) is 14.4 Å². The maximum absolute atomic E-state index is 13.6. The molecule has 218 valence electrons. The Balaban J connectivity index is 2.18. The van der Waals surface area contributed by atoms with E-state index in [-0.39, 0.29) is 28.8 Å². The molecule has 0 radical (unpaired) electrons. The lowest BCUT2D eigenvalue weighted by atomic mass is 9.95. The van der Waals surface area contributed by atoms with Gasteiger partial charge in [0.2, 0.25) is 23.0 Å². The van der Waals surface area contributed by atoms with Crippen LogP contribution in [0, 0.1) is 5.92 Å². The van der Waals surface area contributed by atoms with Crippen LogP contribution in [-0.2, 0) is 16.0 Å². The number of carbonyl (C=O) groups is 2. The topological polar surface area (TPSA) is 118 Å². The minimum atomic E-state index is -0.616. The third-order valence-corrected chi connectivity index (χ3v) is 7.03. The molecule has 0 bridgehead atoms. The first-order chi connectivity index (χ1) is 19.0. The van der Waals surface area contributed by atoms with E-state index in [1.165, 1.54) is 6.92 Å². The SMILES string of the molecule is COc1cc2c(c(OC)c1OC)-c1ccc(NC(C(=O)NCCN(C)C)C(C)C)c(=O)cc1C(NC(C)=O)CC2. The summed E-state index contributed by atoms with van der Waals surface area (Å²) >= 11 is 0. The number of amides is 2. The largest absolute Gasteiger partial charge is 0.493 e. The zero-order valence-electron chi connectivity index (χ0n) is 24.8. The predicted molar refractivity (Wildman–Crippen MR) is 156 cm³/mol. The molecule has 0 aromatic heterocycles. The van der Waals surface area contributed by atoms with Crippen molar-refractivity contribution in [3.8, 4) is 28.4 Å². The lowest BCUT2D eigenvalue weighted by Crippen LogP contribution is -2.45. The molecule has 10 heteroatoms.